The van der Waals surface area contributed by atoms with Crippen LogP contribution in [0.1, 0.15) is 18.6 Å². The molecule has 0 spiro atoms. The van der Waals surface area contributed by atoms with Crippen molar-refractivity contribution >= 4 is 15.8 Å². The Kier molecular flexibility index (Phi) is 5.67. The number of aliphatic hydroxyl groups is 1. The van der Waals surface area contributed by atoms with Crippen molar-refractivity contribution in [3.63, 3.8) is 0 Å². The van der Waals surface area contributed by atoms with Crippen LogP contribution in [0.15, 0.2) is 29.2 Å². The fraction of sp³-hybridized carbons (Fsp3) is 0.462. The van der Waals surface area contributed by atoms with Gasteiger partial charge in [0.15, 0.2) is 9.84 Å². The number of esters is 1. The van der Waals surface area contributed by atoms with E-state index in [0.29, 0.717) is 5.56 Å². The minimum Gasteiger partial charge on any atom is -0.468 e. The van der Waals surface area contributed by atoms with Gasteiger partial charge in [0.2, 0.25) is 0 Å². The van der Waals surface area contributed by atoms with Gasteiger partial charge in [0.1, 0.15) is 6.04 Å². The van der Waals surface area contributed by atoms with Crippen LogP contribution in [0.5, 0.6) is 0 Å². The highest BCUT2D eigenvalue weighted by Crippen LogP contribution is 2.16. The number of carbonyl (C=O) groups is 1. The lowest BCUT2D eigenvalue weighted by Gasteiger charge is -2.16. The van der Waals surface area contributed by atoms with E-state index in [2.05, 4.69) is 10.1 Å². The predicted molar refractivity (Wildman–Crippen MR) is 74.0 cm³/mol. The molecule has 0 aliphatic carbocycles. The van der Waals surface area contributed by atoms with Crippen molar-refractivity contribution in [2.75, 3.05) is 19.9 Å². The average Bonchev–Trinajstić information content (AvgIpc) is 2.42. The van der Waals surface area contributed by atoms with Crippen LogP contribution in [0.4, 0.5) is 0 Å². The number of methoxy groups -OCH3 is 1. The molecule has 0 saturated heterocycles. The fourth-order valence-corrected chi connectivity index (χ4v) is 2.23. The molecule has 0 bridgehead atoms. The van der Waals surface area contributed by atoms with Gasteiger partial charge in [0, 0.05) is 12.8 Å². The summed E-state index contributed by atoms with van der Waals surface area (Å²) in [7, 11) is -1.95. The average molecular weight is 301 g/mol. The molecule has 0 aromatic heterocycles. The molecule has 112 valence electrons. The van der Waals surface area contributed by atoms with Gasteiger partial charge in [-0.05, 0) is 24.6 Å². The third-order valence-electron chi connectivity index (χ3n) is 2.87. The molecular weight excluding hydrogens is 282 g/mol. The number of hydrogen-bond donors (Lipinski definition) is 2. The summed E-state index contributed by atoms with van der Waals surface area (Å²) in [6.45, 7) is 1.79. The molecule has 6 nitrogen and oxygen atoms in total. The summed E-state index contributed by atoms with van der Waals surface area (Å²) < 4.78 is 27.2. The molecule has 2 N–H and O–H groups in total. The molecule has 1 aromatic carbocycles. The zero-order chi connectivity index (χ0) is 15.3. The Morgan fingerprint density at radius 3 is 2.35 bits per heavy atom. The van der Waals surface area contributed by atoms with Gasteiger partial charge < -0.3 is 15.2 Å². The molecule has 0 aliphatic heterocycles. The Bertz CT molecular complexity index is 553. The molecule has 0 aliphatic rings. The van der Waals surface area contributed by atoms with E-state index in [4.69, 9.17) is 0 Å². The zero-order valence-electron chi connectivity index (χ0n) is 11.7. The first-order chi connectivity index (χ1) is 9.25. The smallest absolute Gasteiger partial charge is 0.322 e. The third kappa shape index (κ3) is 4.59. The summed E-state index contributed by atoms with van der Waals surface area (Å²) in [4.78, 5) is 11.4. The third-order valence-corrected chi connectivity index (χ3v) is 3.99. The SMILES string of the molecule is COC(=O)C(C)NCC(O)c1ccc(S(C)(=O)=O)cc1. The molecule has 0 heterocycles. The summed E-state index contributed by atoms with van der Waals surface area (Å²) in [6.07, 6.45) is 0.286. The summed E-state index contributed by atoms with van der Waals surface area (Å²) in [5, 5.41) is 12.8. The van der Waals surface area contributed by atoms with E-state index in [1.807, 2.05) is 0 Å². The predicted octanol–water partition coefficient (Wildman–Crippen LogP) is 0.275. The molecule has 0 radical (unpaired) electrons. The highest BCUT2D eigenvalue weighted by Gasteiger charge is 2.15. The number of carbonyl (C=O) groups excluding carboxylic acids is 1. The number of nitrogens with one attached hydrogen (secondary N) is 1. The lowest BCUT2D eigenvalue weighted by Crippen LogP contribution is -2.37. The van der Waals surface area contributed by atoms with Crippen molar-refractivity contribution in [2.24, 2.45) is 0 Å². The van der Waals surface area contributed by atoms with Gasteiger partial charge in [-0.2, -0.15) is 0 Å². The van der Waals surface area contributed by atoms with Crippen molar-refractivity contribution < 1.29 is 23.1 Å². The van der Waals surface area contributed by atoms with Gasteiger partial charge in [-0.15, -0.1) is 0 Å². The minimum absolute atomic E-state index is 0.161. The van der Waals surface area contributed by atoms with Crippen LogP contribution in [-0.4, -0.2) is 45.4 Å². The van der Waals surface area contributed by atoms with Crippen molar-refractivity contribution in [1.29, 1.82) is 0 Å². The van der Waals surface area contributed by atoms with E-state index in [-0.39, 0.29) is 11.4 Å². The minimum atomic E-state index is -3.24. The van der Waals surface area contributed by atoms with Crippen molar-refractivity contribution in [3.05, 3.63) is 29.8 Å². The van der Waals surface area contributed by atoms with Crippen LogP contribution in [0.3, 0.4) is 0 Å². The Labute approximate surface area is 118 Å². The molecule has 7 heteroatoms. The Hall–Kier alpha value is -1.44. The van der Waals surface area contributed by atoms with E-state index in [1.165, 1.54) is 19.2 Å². The number of aliphatic hydroxyl groups excluding tert-OH is 1. The normalized spacial score (nSPS) is 14.6. The van der Waals surface area contributed by atoms with Gasteiger partial charge in [-0.3, -0.25) is 4.79 Å². The van der Waals surface area contributed by atoms with E-state index in [1.54, 1.807) is 19.1 Å². The quantitative estimate of drug-likeness (QED) is 0.733. The van der Waals surface area contributed by atoms with Crippen LogP contribution in [0.25, 0.3) is 0 Å². The molecule has 2 atom stereocenters. The van der Waals surface area contributed by atoms with Crippen LogP contribution >= 0.6 is 0 Å². The molecule has 1 rings (SSSR count). The van der Waals surface area contributed by atoms with Gasteiger partial charge >= 0.3 is 5.97 Å². The second-order valence-corrected chi connectivity index (χ2v) is 6.53. The Balaban J connectivity index is 2.65. The van der Waals surface area contributed by atoms with Gasteiger partial charge in [0.25, 0.3) is 0 Å². The van der Waals surface area contributed by atoms with Crippen molar-refractivity contribution in [2.45, 2.75) is 24.0 Å². The van der Waals surface area contributed by atoms with Crippen LogP contribution in [0, 0.1) is 0 Å². The molecule has 0 saturated carbocycles. The largest absolute Gasteiger partial charge is 0.468 e. The summed E-state index contributed by atoms with van der Waals surface area (Å²) in [5.41, 5.74) is 0.571. The van der Waals surface area contributed by atoms with Gasteiger partial charge in [-0.25, -0.2) is 8.42 Å². The highest BCUT2D eigenvalue weighted by molar-refractivity contribution is 7.90. The standard InChI is InChI=1S/C13H19NO5S/c1-9(13(16)19-2)14-8-12(15)10-4-6-11(7-5-10)20(3,17)18/h4-7,9,12,14-15H,8H2,1-3H3. The number of rotatable bonds is 6. The van der Waals surface area contributed by atoms with E-state index in [9.17, 15) is 18.3 Å². The lowest BCUT2D eigenvalue weighted by molar-refractivity contribution is -0.142. The van der Waals surface area contributed by atoms with Gasteiger partial charge in [-0.1, -0.05) is 12.1 Å². The number of hydrogen-bond acceptors (Lipinski definition) is 6. The first-order valence-corrected chi connectivity index (χ1v) is 7.94. The Morgan fingerprint density at radius 2 is 1.90 bits per heavy atom. The summed E-state index contributed by atoms with van der Waals surface area (Å²) >= 11 is 0. The fourth-order valence-electron chi connectivity index (χ4n) is 1.60. The molecular formula is C13H19NO5S. The maximum atomic E-state index is 11.3. The topological polar surface area (TPSA) is 92.7 Å². The first kappa shape index (κ1) is 16.6. The first-order valence-electron chi connectivity index (χ1n) is 6.05. The molecule has 2 unspecified atom stereocenters. The molecule has 1 aromatic rings. The second-order valence-electron chi connectivity index (χ2n) is 4.51. The summed E-state index contributed by atoms with van der Waals surface area (Å²) in [6, 6.07) is 5.46. The van der Waals surface area contributed by atoms with Crippen LogP contribution < -0.4 is 5.32 Å². The number of benzene rings is 1. The molecule has 0 fully saturated rings. The van der Waals surface area contributed by atoms with E-state index < -0.39 is 28.0 Å². The molecule has 0 amide bonds. The monoisotopic (exact) mass is 301 g/mol. The van der Waals surface area contributed by atoms with Gasteiger partial charge in [0.05, 0.1) is 18.1 Å². The van der Waals surface area contributed by atoms with Crippen molar-refractivity contribution in [1.82, 2.24) is 5.32 Å². The lowest BCUT2D eigenvalue weighted by atomic mass is 10.1. The number of sulfone groups is 1. The van der Waals surface area contributed by atoms with Crippen LogP contribution in [0.2, 0.25) is 0 Å². The maximum absolute atomic E-state index is 11.3. The Morgan fingerprint density at radius 1 is 1.35 bits per heavy atom. The van der Waals surface area contributed by atoms with E-state index >= 15 is 0 Å². The van der Waals surface area contributed by atoms with E-state index in [0.717, 1.165) is 6.26 Å². The van der Waals surface area contributed by atoms with Crippen LogP contribution in [-0.2, 0) is 19.4 Å². The molecule has 20 heavy (non-hydrogen) atoms. The second kappa shape index (κ2) is 6.83. The van der Waals surface area contributed by atoms with Crippen molar-refractivity contribution in [3.8, 4) is 0 Å². The summed E-state index contributed by atoms with van der Waals surface area (Å²) in [5.74, 6) is -0.412. The zero-order valence-corrected chi connectivity index (χ0v) is 12.5. The number of ether oxygens (including phenoxy) is 1. The maximum Gasteiger partial charge on any atom is 0.322 e. The highest BCUT2D eigenvalue weighted by atomic mass is 32.2.